The molecule has 0 saturated carbocycles. The van der Waals surface area contributed by atoms with Crippen LogP contribution in [0.3, 0.4) is 0 Å². The van der Waals surface area contributed by atoms with Crippen LogP contribution in [0.1, 0.15) is 30.1 Å². The number of esters is 1. The molecule has 0 bridgehead atoms. The molecule has 0 spiro atoms. The summed E-state index contributed by atoms with van der Waals surface area (Å²) < 4.78 is 65.7. The highest BCUT2D eigenvalue weighted by Gasteiger charge is 2.07. The molecule has 15 heteroatoms. The van der Waals surface area contributed by atoms with E-state index in [1.54, 1.807) is 24.3 Å². The van der Waals surface area contributed by atoms with E-state index in [0.29, 0.717) is 150 Å². The standard InChI is InChI=1S/C39H64N2O13/c1-2-3-12-41-37-8-4-35(5-9-37)39(42)54-34-32-52-30-28-50-26-24-48-22-20-46-18-16-44-14-13-43-15-17-45-19-21-47-23-25-49-27-29-51-31-33-53-38-10-6-36(40)7-11-38/h4-11,41H,2-3,12-34,40H2,1H3. The summed E-state index contributed by atoms with van der Waals surface area (Å²) in [5.74, 6) is 0.405. The molecule has 0 radical (unpaired) electrons. The minimum absolute atomic E-state index is 0.187. The number of carbonyl (C=O) groups excluding carboxylic acids is 1. The van der Waals surface area contributed by atoms with Crippen molar-refractivity contribution >= 4 is 17.3 Å². The number of hydrogen-bond acceptors (Lipinski definition) is 15. The smallest absolute Gasteiger partial charge is 0.338 e. The first kappa shape index (κ1) is 47.1. The highest BCUT2D eigenvalue weighted by Crippen LogP contribution is 2.13. The first-order valence-electron chi connectivity index (χ1n) is 19.0. The second kappa shape index (κ2) is 35.6. The molecule has 0 aliphatic heterocycles. The van der Waals surface area contributed by atoms with Crippen molar-refractivity contribution in [1.29, 1.82) is 0 Å². The van der Waals surface area contributed by atoms with Crippen LogP contribution in [-0.4, -0.2) is 158 Å². The molecule has 2 aromatic rings. The fraction of sp³-hybridized carbons (Fsp3) is 0.667. The van der Waals surface area contributed by atoms with Crippen LogP contribution < -0.4 is 15.8 Å². The highest BCUT2D eigenvalue weighted by atomic mass is 16.6. The van der Waals surface area contributed by atoms with Gasteiger partial charge in [-0.15, -0.1) is 0 Å². The summed E-state index contributed by atoms with van der Waals surface area (Å²) in [6.45, 7) is 13.2. The lowest BCUT2D eigenvalue weighted by molar-refractivity contribution is -0.0273. The molecule has 0 aliphatic rings. The third-order valence-corrected chi connectivity index (χ3v) is 7.17. The van der Waals surface area contributed by atoms with Crippen LogP contribution in [0.25, 0.3) is 0 Å². The predicted octanol–water partition coefficient (Wildman–Crippen LogP) is 3.88. The molecule has 0 aromatic heterocycles. The zero-order chi connectivity index (χ0) is 38.4. The van der Waals surface area contributed by atoms with Crippen molar-refractivity contribution in [3.8, 4) is 5.75 Å². The van der Waals surface area contributed by atoms with Crippen molar-refractivity contribution in [3.63, 3.8) is 0 Å². The van der Waals surface area contributed by atoms with Crippen molar-refractivity contribution in [2.24, 2.45) is 0 Å². The van der Waals surface area contributed by atoms with Crippen LogP contribution in [0, 0.1) is 0 Å². The monoisotopic (exact) mass is 768 g/mol. The molecule has 0 fully saturated rings. The van der Waals surface area contributed by atoms with Gasteiger partial charge in [0, 0.05) is 17.9 Å². The summed E-state index contributed by atoms with van der Waals surface area (Å²) in [5.41, 5.74) is 7.86. The summed E-state index contributed by atoms with van der Waals surface area (Å²) in [6, 6.07) is 14.5. The van der Waals surface area contributed by atoms with Crippen LogP contribution in [-0.2, 0) is 52.1 Å². The summed E-state index contributed by atoms with van der Waals surface area (Å²) in [5, 5.41) is 3.32. The topological polar surface area (TPSA) is 166 Å². The third-order valence-electron chi connectivity index (χ3n) is 7.17. The van der Waals surface area contributed by atoms with E-state index < -0.39 is 0 Å². The first-order valence-corrected chi connectivity index (χ1v) is 19.0. The Balaban J connectivity index is 1.17. The molecule has 308 valence electrons. The summed E-state index contributed by atoms with van der Waals surface area (Å²) in [7, 11) is 0. The SMILES string of the molecule is CCCCNc1ccc(C(=O)OCCOCCOCCOCCOCCOCCOCCOCCOCCOCCOCCOc2ccc(N)cc2)cc1. The summed E-state index contributed by atoms with van der Waals surface area (Å²) in [6.07, 6.45) is 2.24. The van der Waals surface area contributed by atoms with Gasteiger partial charge in [-0.1, -0.05) is 13.3 Å². The summed E-state index contributed by atoms with van der Waals surface area (Å²) >= 11 is 0. The van der Waals surface area contributed by atoms with Gasteiger partial charge in [0.2, 0.25) is 0 Å². The Hall–Kier alpha value is -3.09. The number of carbonyl (C=O) groups is 1. The number of nitrogens with one attached hydrogen (secondary N) is 1. The van der Waals surface area contributed by atoms with Crippen LogP contribution in [0.2, 0.25) is 0 Å². The molecular weight excluding hydrogens is 704 g/mol. The van der Waals surface area contributed by atoms with Gasteiger partial charge in [-0.05, 0) is 55.0 Å². The number of hydrogen-bond donors (Lipinski definition) is 2. The van der Waals surface area contributed by atoms with Crippen LogP contribution in [0.15, 0.2) is 48.5 Å². The van der Waals surface area contributed by atoms with E-state index in [1.165, 1.54) is 0 Å². The lowest BCUT2D eigenvalue weighted by Crippen LogP contribution is -2.16. The Morgan fingerprint density at radius 1 is 0.481 bits per heavy atom. The molecule has 0 heterocycles. The van der Waals surface area contributed by atoms with Gasteiger partial charge in [-0.2, -0.15) is 0 Å². The third kappa shape index (κ3) is 28.4. The molecule has 0 amide bonds. The van der Waals surface area contributed by atoms with E-state index in [-0.39, 0.29) is 12.6 Å². The molecule has 3 N–H and O–H groups in total. The maximum absolute atomic E-state index is 12.1. The van der Waals surface area contributed by atoms with Gasteiger partial charge in [0.05, 0.1) is 138 Å². The minimum Gasteiger partial charge on any atom is -0.491 e. The van der Waals surface area contributed by atoms with Crippen molar-refractivity contribution in [2.75, 3.05) is 163 Å². The van der Waals surface area contributed by atoms with Gasteiger partial charge in [0.1, 0.15) is 19.0 Å². The zero-order valence-electron chi connectivity index (χ0n) is 32.2. The molecule has 2 aromatic carbocycles. The molecule has 0 unspecified atom stereocenters. The summed E-state index contributed by atoms with van der Waals surface area (Å²) in [4.78, 5) is 12.1. The predicted molar refractivity (Wildman–Crippen MR) is 205 cm³/mol. The molecule has 0 saturated heterocycles. The average Bonchev–Trinajstić information content (AvgIpc) is 3.19. The van der Waals surface area contributed by atoms with Gasteiger partial charge in [-0.3, -0.25) is 0 Å². The number of nitrogen functional groups attached to an aromatic ring is 1. The molecule has 54 heavy (non-hydrogen) atoms. The maximum Gasteiger partial charge on any atom is 0.338 e. The Kier molecular flexibility index (Phi) is 31.0. The van der Waals surface area contributed by atoms with Crippen LogP contribution in [0.4, 0.5) is 11.4 Å². The lowest BCUT2D eigenvalue weighted by atomic mass is 10.2. The van der Waals surface area contributed by atoms with Crippen molar-refractivity contribution in [2.45, 2.75) is 19.8 Å². The molecule has 2 rings (SSSR count). The Labute approximate surface area is 321 Å². The van der Waals surface area contributed by atoms with E-state index in [9.17, 15) is 4.79 Å². The number of rotatable bonds is 39. The second-order valence-corrected chi connectivity index (χ2v) is 11.5. The minimum atomic E-state index is -0.363. The van der Waals surface area contributed by atoms with Crippen LogP contribution >= 0.6 is 0 Å². The fourth-order valence-electron chi connectivity index (χ4n) is 4.27. The zero-order valence-corrected chi connectivity index (χ0v) is 32.2. The maximum atomic E-state index is 12.1. The van der Waals surface area contributed by atoms with Crippen molar-refractivity contribution in [3.05, 3.63) is 54.1 Å². The van der Waals surface area contributed by atoms with Gasteiger partial charge in [0.15, 0.2) is 0 Å². The fourth-order valence-corrected chi connectivity index (χ4v) is 4.27. The molecule has 0 aliphatic carbocycles. The van der Waals surface area contributed by atoms with Crippen molar-refractivity contribution in [1.82, 2.24) is 0 Å². The number of benzene rings is 2. The second-order valence-electron chi connectivity index (χ2n) is 11.5. The van der Waals surface area contributed by atoms with Gasteiger partial charge >= 0.3 is 5.97 Å². The van der Waals surface area contributed by atoms with E-state index in [0.717, 1.165) is 30.8 Å². The van der Waals surface area contributed by atoms with E-state index in [4.69, 9.17) is 62.6 Å². The number of unbranched alkanes of at least 4 members (excludes halogenated alkanes) is 1. The van der Waals surface area contributed by atoms with Gasteiger partial charge < -0.3 is 67.9 Å². The Morgan fingerprint density at radius 3 is 1.20 bits per heavy atom. The first-order chi connectivity index (χ1) is 26.7. The van der Waals surface area contributed by atoms with Gasteiger partial charge in [-0.25, -0.2) is 4.79 Å². The number of ether oxygens (including phenoxy) is 12. The normalized spacial score (nSPS) is 11.2. The Bertz CT molecular complexity index is 1110. The van der Waals surface area contributed by atoms with E-state index in [2.05, 4.69) is 12.2 Å². The molecule has 15 nitrogen and oxygen atoms in total. The molecular formula is C39H64N2O13. The van der Waals surface area contributed by atoms with E-state index >= 15 is 0 Å². The van der Waals surface area contributed by atoms with Crippen LogP contribution in [0.5, 0.6) is 5.75 Å². The lowest BCUT2D eigenvalue weighted by Gasteiger charge is -2.09. The van der Waals surface area contributed by atoms with E-state index in [1.807, 2.05) is 24.3 Å². The number of nitrogens with two attached hydrogens (primary N) is 1. The largest absolute Gasteiger partial charge is 0.491 e. The Morgan fingerprint density at radius 2 is 0.833 bits per heavy atom. The number of anilines is 2. The van der Waals surface area contributed by atoms with Crippen molar-refractivity contribution < 1.29 is 61.6 Å². The average molecular weight is 769 g/mol. The highest BCUT2D eigenvalue weighted by molar-refractivity contribution is 5.89. The quantitative estimate of drug-likeness (QED) is 0.0571. The van der Waals surface area contributed by atoms with Gasteiger partial charge in [0.25, 0.3) is 0 Å². The molecule has 0 atom stereocenters.